The van der Waals surface area contributed by atoms with Gasteiger partial charge in [-0.3, -0.25) is 9.69 Å². The first-order valence-corrected chi connectivity index (χ1v) is 9.75. The molecule has 0 spiro atoms. The van der Waals surface area contributed by atoms with Gasteiger partial charge in [0.05, 0.1) is 7.11 Å². The highest BCUT2D eigenvalue weighted by Gasteiger charge is 2.62. The Kier molecular flexibility index (Phi) is 3.42. The fraction of sp³-hybridized carbons (Fsp3) is 0.571. The van der Waals surface area contributed by atoms with Gasteiger partial charge in [0.25, 0.3) is 0 Å². The molecule has 6 rings (SSSR count). The number of aromatic nitrogens is 1. The van der Waals surface area contributed by atoms with Crippen molar-refractivity contribution in [3.63, 3.8) is 0 Å². The van der Waals surface area contributed by atoms with Crippen molar-refractivity contribution in [1.82, 2.24) is 9.88 Å². The average molecular weight is 354 g/mol. The molecule has 4 aliphatic rings. The number of H-pyrrole nitrogens is 1. The van der Waals surface area contributed by atoms with Crippen LogP contribution in [0.4, 0.5) is 0 Å². The molecule has 1 aromatic heterocycles. The highest BCUT2D eigenvalue weighted by molar-refractivity contribution is 5.92. The van der Waals surface area contributed by atoms with Gasteiger partial charge in [-0.25, -0.2) is 0 Å². The molecule has 26 heavy (non-hydrogen) atoms. The van der Waals surface area contributed by atoms with Crippen LogP contribution in [0.25, 0.3) is 10.9 Å². The van der Waals surface area contributed by atoms with Gasteiger partial charge in [-0.1, -0.05) is 13.3 Å². The molecule has 138 valence electrons. The number of ether oxygens (including phenoxy) is 1. The molecule has 2 aromatic rings. The van der Waals surface area contributed by atoms with Crippen LogP contribution in [0.15, 0.2) is 18.2 Å². The smallest absolute Gasteiger partial charge is 0.319 e. The number of hydrogen-bond donors (Lipinski definition) is 2. The minimum absolute atomic E-state index is 0.103. The van der Waals surface area contributed by atoms with E-state index in [9.17, 15) is 9.90 Å². The number of phenols is 1. The molecule has 1 aromatic carbocycles. The van der Waals surface area contributed by atoms with Gasteiger partial charge in [0.1, 0.15) is 11.2 Å². The maximum absolute atomic E-state index is 13.3. The summed E-state index contributed by atoms with van der Waals surface area (Å²) < 4.78 is 5.41. The standard InChI is InChI=1S/C21H26N2O3/c1-3-13-8-12-10-21(20(25)26-2)18-15(6-7-23(11-12)19(13)21)16-9-14(24)4-5-17(16)22-18/h4-5,9,12-13,19,22,24H,3,6-8,10-11H2,1-2H3/t12-,13-,19?,21+/m0/s1. The van der Waals surface area contributed by atoms with E-state index in [1.54, 1.807) is 6.07 Å². The predicted molar refractivity (Wildman–Crippen MR) is 99.2 cm³/mol. The number of fused-ring (bicyclic) bond motifs is 4. The number of benzene rings is 1. The molecule has 3 fully saturated rings. The number of nitrogens with one attached hydrogen (secondary N) is 1. The van der Waals surface area contributed by atoms with E-state index >= 15 is 0 Å². The van der Waals surface area contributed by atoms with Gasteiger partial charge in [-0.15, -0.1) is 0 Å². The number of methoxy groups -OCH3 is 1. The fourth-order valence-electron chi connectivity index (χ4n) is 6.30. The lowest BCUT2D eigenvalue weighted by Gasteiger charge is -2.57. The highest BCUT2D eigenvalue weighted by atomic mass is 16.5. The molecule has 0 amide bonds. The molecule has 5 heteroatoms. The van der Waals surface area contributed by atoms with Crippen molar-refractivity contribution in [2.75, 3.05) is 20.2 Å². The maximum atomic E-state index is 13.3. The Morgan fingerprint density at radius 3 is 3.08 bits per heavy atom. The molecule has 0 radical (unpaired) electrons. The van der Waals surface area contributed by atoms with E-state index in [-0.39, 0.29) is 17.8 Å². The van der Waals surface area contributed by atoms with E-state index in [0.29, 0.717) is 11.8 Å². The number of aromatic amines is 1. The largest absolute Gasteiger partial charge is 0.508 e. The molecule has 5 nitrogen and oxygen atoms in total. The zero-order valence-electron chi connectivity index (χ0n) is 15.4. The van der Waals surface area contributed by atoms with Crippen LogP contribution < -0.4 is 0 Å². The first-order valence-electron chi connectivity index (χ1n) is 9.75. The summed E-state index contributed by atoms with van der Waals surface area (Å²) in [6.45, 7) is 4.30. The molecule has 1 aliphatic carbocycles. The maximum Gasteiger partial charge on any atom is 0.319 e. The molecule has 2 N–H and O–H groups in total. The normalized spacial score (nSPS) is 35.2. The summed E-state index contributed by atoms with van der Waals surface area (Å²) in [4.78, 5) is 19.4. The Bertz CT molecular complexity index is 889. The molecule has 1 saturated carbocycles. The van der Waals surface area contributed by atoms with Crippen LogP contribution in [0.3, 0.4) is 0 Å². The molecular formula is C21H26N2O3. The third kappa shape index (κ3) is 1.92. The van der Waals surface area contributed by atoms with Crippen molar-refractivity contribution in [1.29, 1.82) is 0 Å². The topological polar surface area (TPSA) is 65.6 Å². The Morgan fingerprint density at radius 1 is 1.46 bits per heavy atom. The van der Waals surface area contributed by atoms with Crippen molar-refractivity contribution in [3.8, 4) is 5.75 Å². The number of carbonyl (C=O) groups excluding carboxylic acids is 1. The summed E-state index contributed by atoms with van der Waals surface area (Å²) in [5.41, 5.74) is 2.61. The summed E-state index contributed by atoms with van der Waals surface area (Å²) in [6.07, 6.45) is 4.07. The van der Waals surface area contributed by atoms with Crippen LogP contribution in [0.1, 0.15) is 37.4 Å². The molecule has 2 saturated heterocycles. The Hall–Kier alpha value is -2.01. The Labute approximate surface area is 153 Å². The molecule has 2 unspecified atom stereocenters. The predicted octanol–water partition coefficient (Wildman–Crippen LogP) is 2.96. The Balaban J connectivity index is 1.81. The lowest BCUT2D eigenvalue weighted by Crippen LogP contribution is -2.67. The van der Waals surface area contributed by atoms with Crippen molar-refractivity contribution < 1.29 is 14.6 Å². The average Bonchev–Trinajstić information content (AvgIpc) is 2.98. The van der Waals surface area contributed by atoms with Gasteiger partial charge in [0.2, 0.25) is 0 Å². The van der Waals surface area contributed by atoms with E-state index in [1.807, 2.05) is 12.1 Å². The zero-order valence-corrected chi connectivity index (χ0v) is 15.4. The van der Waals surface area contributed by atoms with Gasteiger partial charge in [0.15, 0.2) is 0 Å². The van der Waals surface area contributed by atoms with Crippen molar-refractivity contribution in [2.24, 2.45) is 11.8 Å². The van der Waals surface area contributed by atoms with Crippen molar-refractivity contribution in [2.45, 2.75) is 44.1 Å². The lowest BCUT2D eigenvalue weighted by atomic mass is 9.56. The minimum atomic E-state index is -0.614. The molecule has 4 bridgehead atoms. The number of aromatic hydroxyl groups is 1. The Morgan fingerprint density at radius 2 is 2.31 bits per heavy atom. The van der Waals surface area contributed by atoms with E-state index in [1.165, 1.54) is 19.1 Å². The summed E-state index contributed by atoms with van der Waals surface area (Å²) in [7, 11) is 1.52. The first-order chi connectivity index (χ1) is 12.6. The van der Waals surface area contributed by atoms with Crippen molar-refractivity contribution in [3.05, 3.63) is 29.5 Å². The number of nitrogens with zero attached hydrogens (tertiary/aromatic N) is 1. The second kappa shape index (κ2) is 5.49. The molecule has 5 atom stereocenters. The second-order valence-electron chi connectivity index (χ2n) is 8.34. The molecular weight excluding hydrogens is 328 g/mol. The number of phenolic OH excluding ortho intramolecular Hbond substituents is 1. The lowest BCUT2D eigenvalue weighted by molar-refractivity contribution is -0.162. The number of piperidine rings is 2. The third-order valence-corrected chi connectivity index (χ3v) is 7.14. The van der Waals surface area contributed by atoms with Crippen LogP contribution in [-0.4, -0.2) is 47.2 Å². The van der Waals surface area contributed by atoms with Crippen LogP contribution in [0.2, 0.25) is 0 Å². The van der Waals surface area contributed by atoms with Crippen molar-refractivity contribution >= 4 is 16.9 Å². The number of rotatable bonds is 2. The second-order valence-corrected chi connectivity index (χ2v) is 8.34. The summed E-state index contributed by atoms with van der Waals surface area (Å²) >= 11 is 0. The number of esters is 1. The number of hydrogen-bond acceptors (Lipinski definition) is 4. The van der Waals surface area contributed by atoms with Gasteiger partial charge in [0, 0.05) is 35.7 Å². The van der Waals surface area contributed by atoms with Crippen LogP contribution >= 0.6 is 0 Å². The monoisotopic (exact) mass is 354 g/mol. The van der Waals surface area contributed by atoms with E-state index in [4.69, 9.17) is 4.74 Å². The quantitative estimate of drug-likeness (QED) is 0.814. The number of carbonyl (C=O) groups is 1. The van der Waals surface area contributed by atoms with Gasteiger partial charge < -0.3 is 14.8 Å². The van der Waals surface area contributed by atoms with Crippen LogP contribution in [0.5, 0.6) is 5.75 Å². The van der Waals surface area contributed by atoms with E-state index in [0.717, 1.165) is 48.9 Å². The zero-order chi connectivity index (χ0) is 18.1. The summed E-state index contributed by atoms with van der Waals surface area (Å²) in [6, 6.07) is 5.65. The van der Waals surface area contributed by atoms with E-state index in [2.05, 4.69) is 16.8 Å². The van der Waals surface area contributed by atoms with Gasteiger partial charge in [-0.05, 0) is 54.9 Å². The SMILES string of the molecule is CC[C@H]1C[C@@H]2CN3CCc4c([nH]c5ccc(O)cc45)[C@](C(=O)OC)(C2)C13. The van der Waals surface area contributed by atoms with Crippen LogP contribution in [0, 0.1) is 11.8 Å². The molecule has 3 aliphatic heterocycles. The highest BCUT2D eigenvalue weighted by Crippen LogP contribution is 2.55. The summed E-state index contributed by atoms with van der Waals surface area (Å²) in [5.74, 6) is 1.23. The fourth-order valence-corrected chi connectivity index (χ4v) is 6.30. The molecule has 4 heterocycles. The van der Waals surface area contributed by atoms with Gasteiger partial charge in [-0.2, -0.15) is 0 Å². The van der Waals surface area contributed by atoms with Gasteiger partial charge >= 0.3 is 5.97 Å². The minimum Gasteiger partial charge on any atom is -0.508 e. The summed E-state index contributed by atoms with van der Waals surface area (Å²) in [5, 5.41) is 11.0. The van der Waals surface area contributed by atoms with E-state index < -0.39 is 5.41 Å². The van der Waals surface area contributed by atoms with Crippen LogP contribution in [-0.2, 0) is 21.4 Å². The first kappa shape index (κ1) is 16.2. The third-order valence-electron chi connectivity index (χ3n) is 7.14.